The van der Waals surface area contributed by atoms with Crippen molar-refractivity contribution in [1.29, 1.82) is 0 Å². The molecule has 0 amide bonds. The van der Waals surface area contributed by atoms with Gasteiger partial charge in [-0.3, -0.25) is 0 Å². The van der Waals surface area contributed by atoms with Crippen molar-refractivity contribution in [3.8, 4) is 0 Å². The zero-order valence-corrected chi connectivity index (χ0v) is 12.0. The zero-order valence-electron chi connectivity index (χ0n) is 11.1. The van der Waals surface area contributed by atoms with Gasteiger partial charge in [0.25, 0.3) is 0 Å². The number of benzene rings is 1. The van der Waals surface area contributed by atoms with Gasteiger partial charge in [-0.05, 0) is 43.9 Å². The third-order valence-corrected chi connectivity index (χ3v) is 5.67. The molecule has 0 aromatic heterocycles. The van der Waals surface area contributed by atoms with Crippen molar-refractivity contribution in [2.75, 3.05) is 12.3 Å². The summed E-state index contributed by atoms with van der Waals surface area (Å²) >= 11 is 0. The van der Waals surface area contributed by atoms with Gasteiger partial charge in [-0.2, -0.15) is 4.31 Å². The predicted molar refractivity (Wildman–Crippen MR) is 72.6 cm³/mol. The Morgan fingerprint density at radius 1 is 1.37 bits per heavy atom. The van der Waals surface area contributed by atoms with E-state index in [1.165, 1.54) is 16.4 Å². The van der Waals surface area contributed by atoms with Crippen LogP contribution in [0.2, 0.25) is 0 Å². The number of hydrogen-bond donors (Lipinski definition) is 1. The van der Waals surface area contributed by atoms with E-state index in [9.17, 15) is 12.8 Å². The Balaban J connectivity index is 2.37. The summed E-state index contributed by atoms with van der Waals surface area (Å²) in [6, 6.07) is 3.59. The molecule has 0 aliphatic carbocycles. The standard InChI is InChI=1S/C13H19FN2O2S/c1-9-5-6-16(10(2)7-9)19(17,18)13-4-3-11(15)8-12(13)14/h3-4,8-10H,5-7,15H2,1-2H3. The lowest BCUT2D eigenvalue weighted by Crippen LogP contribution is -2.44. The van der Waals surface area contributed by atoms with Gasteiger partial charge < -0.3 is 5.73 Å². The first-order chi connectivity index (χ1) is 8.82. The minimum Gasteiger partial charge on any atom is -0.399 e. The van der Waals surface area contributed by atoms with Gasteiger partial charge in [0, 0.05) is 18.3 Å². The quantitative estimate of drug-likeness (QED) is 0.848. The molecule has 0 radical (unpaired) electrons. The molecule has 106 valence electrons. The molecule has 2 atom stereocenters. The van der Waals surface area contributed by atoms with Gasteiger partial charge in [0.05, 0.1) is 0 Å². The van der Waals surface area contributed by atoms with E-state index in [0.717, 1.165) is 18.9 Å². The molecule has 0 spiro atoms. The van der Waals surface area contributed by atoms with Crippen molar-refractivity contribution in [2.24, 2.45) is 5.92 Å². The summed E-state index contributed by atoms with van der Waals surface area (Å²) in [4.78, 5) is -0.289. The summed E-state index contributed by atoms with van der Waals surface area (Å²) in [5.74, 6) is -0.288. The second kappa shape index (κ2) is 5.09. The lowest BCUT2D eigenvalue weighted by Gasteiger charge is -2.35. The van der Waals surface area contributed by atoms with Gasteiger partial charge in [-0.25, -0.2) is 12.8 Å². The number of halogens is 1. The van der Waals surface area contributed by atoms with Crippen LogP contribution in [-0.2, 0) is 10.0 Å². The molecule has 2 unspecified atom stereocenters. The van der Waals surface area contributed by atoms with Crippen LogP contribution in [0, 0.1) is 11.7 Å². The second-order valence-corrected chi connectivity index (χ2v) is 7.14. The Labute approximate surface area is 113 Å². The Morgan fingerprint density at radius 3 is 2.63 bits per heavy atom. The lowest BCUT2D eigenvalue weighted by molar-refractivity contribution is 0.219. The number of sulfonamides is 1. The van der Waals surface area contributed by atoms with Gasteiger partial charge in [-0.1, -0.05) is 6.92 Å². The molecule has 2 N–H and O–H groups in total. The highest BCUT2D eigenvalue weighted by Crippen LogP contribution is 2.29. The Morgan fingerprint density at radius 2 is 2.05 bits per heavy atom. The average molecular weight is 286 g/mol. The molecule has 0 bridgehead atoms. The molecule has 1 aliphatic rings. The first kappa shape index (κ1) is 14.3. The highest BCUT2D eigenvalue weighted by Gasteiger charge is 2.34. The van der Waals surface area contributed by atoms with Crippen LogP contribution in [-0.4, -0.2) is 25.3 Å². The fraction of sp³-hybridized carbons (Fsp3) is 0.538. The lowest BCUT2D eigenvalue weighted by atomic mass is 9.95. The van der Waals surface area contributed by atoms with Crippen LogP contribution in [0.5, 0.6) is 0 Å². The van der Waals surface area contributed by atoms with Gasteiger partial charge in [-0.15, -0.1) is 0 Å². The fourth-order valence-electron chi connectivity index (χ4n) is 2.60. The number of nitrogens with zero attached hydrogens (tertiary/aromatic N) is 1. The van der Waals surface area contributed by atoms with Gasteiger partial charge in [0.2, 0.25) is 10.0 Å². The molecule has 1 fully saturated rings. The molecule has 1 aromatic carbocycles. The molecule has 2 rings (SSSR count). The number of piperidine rings is 1. The molecule has 1 saturated heterocycles. The molecule has 0 saturated carbocycles. The van der Waals surface area contributed by atoms with Crippen molar-refractivity contribution in [2.45, 2.75) is 37.6 Å². The summed E-state index contributed by atoms with van der Waals surface area (Å²) in [5, 5.41) is 0. The number of rotatable bonds is 2. The van der Waals surface area contributed by atoms with E-state index in [1.54, 1.807) is 0 Å². The van der Waals surface area contributed by atoms with Crippen molar-refractivity contribution >= 4 is 15.7 Å². The maximum atomic E-state index is 13.8. The Bertz CT molecular complexity index is 574. The first-order valence-corrected chi connectivity index (χ1v) is 7.83. The van der Waals surface area contributed by atoms with Crippen molar-refractivity contribution < 1.29 is 12.8 Å². The predicted octanol–water partition coefficient (Wildman–Crippen LogP) is 2.22. The topological polar surface area (TPSA) is 63.4 Å². The maximum absolute atomic E-state index is 13.8. The Kier molecular flexibility index (Phi) is 3.82. The number of nitrogens with two attached hydrogens (primary N) is 1. The SMILES string of the molecule is CC1CCN(S(=O)(=O)c2ccc(N)cc2F)C(C)C1. The van der Waals surface area contributed by atoms with E-state index in [1.807, 2.05) is 6.92 Å². The number of anilines is 1. The monoisotopic (exact) mass is 286 g/mol. The largest absolute Gasteiger partial charge is 0.399 e. The van der Waals surface area contributed by atoms with Crippen molar-refractivity contribution in [3.63, 3.8) is 0 Å². The highest BCUT2D eigenvalue weighted by molar-refractivity contribution is 7.89. The minimum atomic E-state index is -3.78. The highest BCUT2D eigenvalue weighted by atomic mass is 32.2. The summed E-state index contributed by atoms with van der Waals surface area (Å²) in [5.41, 5.74) is 5.67. The molecular formula is C13H19FN2O2S. The smallest absolute Gasteiger partial charge is 0.246 e. The van der Waals surface area contributed by atoms with Crippen LogP contribution in [0.25, 0.3) is 0 Å². The summed E-state index contributed by atoms with van der Waals surface area (Å²) in [6.45, 7) is 4.40. The van der Waals surface area contributed by atoms with Crippen LogP contribution in [0.3, 0.4) is 0 Å². The fourth-order valence-corrected chi connectivity index (χ4v) is 4.30. The molecule has 6 heteroatoms. The van der Waals surface area contributed by atoms with Crippen LogP contribution in [0.15, 0.2) is 23.1 Å². The third-order valence-electron chi connectivity index (χ3n) is 3.62. The van der Waals surface area contributed by atoms with E-state index in [-0.39, 0.29) is 16.6 Å². The van der Waals surface area contributed by atoms with Gasteiger partial charge in [0.1, 0.15) is 10.7 Å². The number of hydrogen-bond acceptors (Lipinski definition) is 3. The normalized spacial score (nSPS) is 25.4. The van der Waals surface area contributed by atoms with E-state index in [2.05, 4.69) is 6.92 Å². The average Bonchev–Trinajstić information content (AvgIpc) is 2.27. The molecule has 19 heavy (non-hydrogen) atoms. The van der Waals surface area contributed by atoms with E-state index < -0.39 is 15.8 Å². The zero-order chi connectivity index (χ0) is 14.2. The van der Waals surface area contributed by atoms with E-state index in [4.69, 9.17) is 5.73 Å². The van der Waals surface area contributed by atoms with Gasteiger partial charge >= 0.3 is 0 Å². The molecule has 1 aromatic rings. The van der Waals surface area contributed by atoms with Crippen LogP contribution in [0.4, 0.5) is 10.1 Å². The molecule has 1 aliphatic heterocycles. The summed E-state index contributed by atoms with van der Waals surface area (Å²) in [7, 11) is -3.78. The van der Waals surface area contributed by atoms with Gasteiger partial charge in [0.15, 0.2) is 0 Å². The first-order valence-electron chi connectivity index (χ1n) is 6.39. The molecule has 1 heterocycles. The van der Waals surface area contributed by atoms with Crippen LogP contribution < -0.4 is 5.73 Å². The second-order valence-electron chi connectivity index (χ2n) is 5.28. The van der Waals surface area contributed by atoms with Crippen LogP contribution >= 0.6 is 0 Å². The van der Waals surface area contributed by atoms with E-state index in [0.29, 0.717) is 12.5 Å². The minimum absolute atomic E-state index is 0.106. The Hall–Kier alpha value is -1.14. The number of nitrogen functional groups attached to an aromatic ring is 1. The van der Waals surface area contributed by atoms with Crippen LogP contribution in [0.1, 0.15) is 26.7 Å². The van der Waals surface area contributed by atoms with Crippen molar-refractivity contribution in [3.05, 3.63) is 24.0 Å². The van der Waals surface area contributed by atoms with E-state index >= 15 is 0 Å². The maximum Gasteiger partial charge on any atom is 0.246 e. The summed E-state index contributed by atoms with van der Waals surface area (Å²) in [6.07, 6.45) is 1.61. The molecule has 4 nitrogen and oxygen atoms in total. The molecular weight excluding hydrogens is 267 g/mol. The third kappa shape index (κ3) is 2.74. The summed E-state index contributed by atoms with van der Waals surface area (Å²) < 4.78 is 40.2. The van der Waals surface area contributed by atoms with Crippen molar-refractivity contribution in [1.82, 2.24) is 4.31 Å².